The van der Waals surface area contributed by atoms with Gasteiger partial charge in [0.1, 0.15) is 35.0 Å². The molecular formula is C27H28O11. The molecule has 4 rings (SSSR count). The van der Waals surface area contributed by atoms with Crippen LogP contribution in [0.5, 0.6) is 46.0 Å². The molecule has 0 amide bonds. The van der Waals surface area contributed by atoms with Gasteiger partial charge in [0.15, 0.2) is 34.9 Å². The van der Waals surface area contributed by atoms with Crippen molar-refractivity contribution in [2.24, 2.45) is 0 Å². The zero-order chi connectivity index (χ0) is 27.6. The Morgan fingerprint density at radius 2 is 1.58 bits per heavy atom. The van der Waals surface area contributed by atoms with E-state index in [4.69, 9.17) is 23.7 Å². The van der Waals surface area contributed by atoms with E-state index >= 15 is 0 Å². The van der Waals surface area contributed by atoms with Crippen molar-refractivity contribution in [3.8, 4) is 46.0 Å². The van der Waals surface area contributed by atoms with Gasteiger partial charge in [-0.1, -0.05) is 6.07 Å². The van der Waals surface area contributed by atoms with Gasteiger partial charge in [-0.2, -0.15) is 0 Å². The van der Waals surface area contributed by atoms with Crippen molar-refractivity contribution in [2.75, 3.05) is 27.9 Å². The first-order valence-corrected chi connectivity index (χ1v) is 11.5. The summed E-state index contributed by atoms with van der Waals surface area (Å²) in [6.07, 6.45) is -3.38. The van der Waals surface area contributed by atoms with Crippen LogP contribution in [-0.4, -0.2) is 65.4 Å². The number of carbonyl (C=O) groups is 1. The molecule has 3 aromatic rings. The molecule has 1 aliphatic rings. The fourth-order valence-corrected chi connectivity index (χ4v) is 4.26. The lowest BCUT2D eigenvalue weighted by Gasteiger charge is -2.28. The molecule has 1 aliphatic heterocycles. The van der Waals surface area contributed by atoms with Crippen LogP contribution >= 0.6 is 0 Å². The topological polar surface area (TPSA) is 164 Å². The minimum absolute atomic E-state index is 0.0106. The van der Waals surface area contributed by atoms with Gasteiger partial charge in [-0.05, 0) is 29.8 Å². The Balaban J connectivity index is 1.66. The van der Waals surface area contributed by atoms with Crippen molar-refractivity contribution in [2.45, 2.75) is 24.7 Å². The fourth-order valence-electron chi connectivity index (χ4n) is 4.26. The molecule has 0 aliphatic carbocycles. The van der Waals surface area contributed by atoms with Crippen LogP contribution in [0.3, 0.4) is 0 Å². The Labute approximate surface area is 218 Å². The van der Waals surface area contributed by atoms with Crippen molar-refractivity contribution in [1.82, 2.24) is 0 Å². The average molecular weight is 529 g/mol. The second-order valence-electron chi connectivity index (χ2n) is 8.54. The van der Waals surface area contributed by atoms with Crippen LogP contribution in [0.4, 0.5) is 0 Å². The highest BCUT2D eigenvalue weighted by molar-refractivity contribution is 6.02. The molecule has 11 nitrogen and oxygen atoms in total. The third-order valence-corrected chi connectivity index (χ3v) is 6.19. The van der Waals surface area contributed by atoms with E-state index < -0.39 is 24.9 Å². The summed E-state index contributed by atoms with van der Waals surface area (Å²) in [5.74, 6) is -0.503. The Morgan fingerprint density at radius 3 is 2.18 bits per heavy atom. The van der Waals surface area contributed by atoms with Crippen LogP contribution in [0.15, 0.2) is 42.5 Å². The fraction of sp³-hybridized carbons (Fsp3) is 0.296. The number of ether oxygens (including phenoxy) is 5. The van der Waals surface area contributed by atoms with E-state index in [1.54, 1.807) is 12.1 Å². The average Bonchev–Trinajstić information content (AvgIpc) is 2.90. The van der Waals surface area contributed by atoms with E-state index in [0.29, 0.717) is 11.1 Å². The lowest BCUT2D eigenvalue weighted by molar-refractivity contribution is -0.00180. The minimum atomic E-state index is -1.32. The monoisotopic (exact) mass is 528 g/mol. The second-order valence-corrected chi connectivity index (χ2v) is 8.54. The van der Waals surface area contributed by atoms with Gasteiger partial charge in [0.25, 0.3) is 0 Å². The molecule has 0 spiro atoms. The van der Waals surface area contributed by atoms with Crippen LogP contribution < -0.4 is 23.7 Å². The highest BCUT2D eigenvalue weighted by Crippen LogP contribution is 2.46. The summed E-state index contributed by atoms with van der Waals surface area (Å²) in [5.41, 5.74) is 0.799. The predicted molar refractivity (Wildman–Crippen MR) is 133 cm³/mol. The predicted octanol–water partition coefficient (Wildman–Crippen LogP) is 3.01. The van der Waals surface area contributed by atoms with Crippen molar-refractivity contribution in [3.05, 3.63) is 59.2 Å². The Kier molecular flexibility index (Phi) is 7.70. The van der Waals surface area contributed by atoms with E-state index in [9.17, 15) is 30.3 Å². The molecule has 5 N–H and O–H groups in total. The number of phenolic OH excluding ortho intramolecular Hbond substituents is 3. The van der Waals surface area contributed by atoms with E-state index in [1.165, 1.54) is 45.6 Å². The second kappa shape index (κ2) is 11.0. The Bertz CT molecular complexity index is 1310. The number of Topliss-reactive ketones (excluding diaryl/α,β-unsaturated/α-hetero) is 1. The van der Waals surface area contributed by atoms with Gasteiger partial charge in [0, 0.05) is 17.7 Å². The van der Waals surface area contributed by atoms with Crippen LogP contribution in [0.1, 0.15) is 40.1 Å². The van der Waals surface area contributed by atoms with Gasteiger partial charge in [0.2, 0.25) is 5.75 Å². The maximum absolute atomic E-state index is 12.7. The molecule has 0 aromatic heterocycles. The summed E-state index contributed by atoms with van der Waals surface area (Å²) in [5, 5.41) is 50.6. The van der Waals surface area contributed by atoms with Gasteiger partial charge in [-0.25, -0.2) is 0 Å². The Hall–Kier alpha value is -4.35. The number of carbonyl (C=O) groups excluding carboxylic acids is 1. The standard InChI is InChI=1S/C27H28O11/c1-34-20-6-13(4-5-16(20)30)26(33)24(12-28)38-27-22(35-2)7-14(8-23(27)36-3)19-11-18(32)25-17(31)9-15(29)10-21(25)37-19/h4-10,19,24,26,28-31,33H,11-12H2,1-3H3/t19-,24-,26+/m0/s1. The number of benzene rings is 3. The van der Waals surface area contributed by atoms with E-state index in [2.05, 4.69) is 0 Å². The highest BCUT2D eigenvalue weighted by atomic mass is 16.6. The first-order valence-electron chi connectivity index (χ1n) is 11.5. The molecule has 3 aromatic carbocycles. The van der Waals surface area contributed by atoms with Crippen molar-refractivity contribution < 1.29 is 54.0 Å². The molecule has 0 saturated heterocycles. The third-order valence-electron chi connectivity index (χ3n) is 6.19. The Morgan fingerprint density at radius 1 is 0.921 bits per heavy atom. The van der Waals surface area contributed by atoms with Crippen molar-refractivity contribution in [3.63, 3.8) is 0 Å². The van der Waals surface area contributed by atoms with Gasteiger partial charge in [-0.15, -0.1) is 0 Å². The smallest absolute Gasteiger partial charge is 0.204 e. The molecule has 38 heavy (non-hydrogen) atoms. The van der Waals surface area contributed by atoms with Gasteiger partial charge in [-0.3, -0.25) is 4.79 Å². The molecule has 0 fully saturated rings. The zero-order valence-electron chi connectivity index (χ0n) is 20.9. The first-order chi connectivity index (χ1) is 18.2. The zero-order valence-corrected chi connectivity index (χ0v) is 20.9. The summed E-state index contributed by atoms with van der Waals surface area (Å²) in [4.78, 5) is 12.7. The van der Waals surface area contributed by atoms with Crippen LogP contribution in [-0.2, 0) is 0 Å². The van der Waals surface area contributed by atoms with Crippen molar-refractivity contribution >= 4 is 5.78 Å². The minimum Gasteiger partial charge on any atom is -0.508 e. The summed E-state index contributed by atoms with van der Waals surface area (Å²) >= 11 is 0. The molecular weight excluding hydrogens is 500 g/mol. The molecule has 11 heteroatoms. The number of aliphatic hydroxyl groups is 2. The van der Waals surface area contributed by atoms with Crippen LogP contribution in [0.25, 0.3) is 0 Å². The summed E-state index contributed by atoms with van der Waals surface area (Å²) < 4.78 is 27.9. The molecule has 0 unspecified atom stereocenters. The maximum atomic E-state index is 12.7. The molecule has 0 bridgehead atoms. The lowest BCUT2D eigenvalue weighted by atomic mass is 9.95. The number of phenols is 3. The quantitative estimate of drug-likeness (QED) is 0.277. The molecule has 3 atom stereocenters. The van der Waals surface area contributed by atoms with Crippen molar-refractivity contribution in [1.29, 1.82) is 0 Å². The van der Waals surface area contributed by atoms with E-state index in [1.807, 2.05) is 0 Å². The normalized spacial score (nSPS) is 16.1. The number of aromatic hydroxyl groups is 3. The third kappa shape index (κ3) is 5.06. The first kappa shape index (κ1) is 26.7. The summed E-state index contributed by atoms with van der Waals surface area (Å²) in [7, 11) is 4.15. The van der Waals surface area contributed by atoms with Crippen LogP contribution in [0.2, 0.25) is 0 Å². The number of hydrogen-bond donors (Lipinski definition) is 5. The number of ketones is 1. The maximum Gasteiger partial charge on any atom is 0.204 e. The number of methoxy groups -OCH3 is 3. The van der Waals surface area contributed by atoms with Gasteiger partial charge >= 0.3 is 0 Å². The number of fused-ring (bicyclic) bond motifs is 1. The molecule has 202 valence electrons. The molecule has 0 saturated carbocycles. The number of rotatable bonds is 9. The van der Waals surface area contributed by atoms with E-state index in [0.717, 1.165) is 6.07 Å². The molecule has 1 heterocycles. The van der Waals surface area contributed by atoms with E-state index in [-0.39, 0.29) is 63.8 Å². The number of hydrogen-bond acceptors (Lipinski definition) is 11. The number of aliphatic hydroxyl groups excluding tert-OH is 2. The lowest BCUT2D eigenvalue weighted by Crippen LogP contribution is -2.29. The largest absolute Gasteiger partial charge is 0.508 e. The van der Waals surface area contributed by atoms with Gasteiger partial charge < -0.3 is 49.2 Å². The summed E-state index contributed by atoms with van der Waals surface area (Å²) in [6, 6.07) is 9.69. The SMILES string of the molecule is COc1cc([C@@H](O)[C@H](CO)Oc2c(OC)cc([C@@H]3CC(=O)c4c(O)cc(O)cc4O3)cc2OC)ccc1O. The summed E-state index contributed by atoms with van der Waals surface area (Å²) in [6.45, 7) is -0.581. The van der Waals surface area contributed by atoms with Gasteiger partial charge in [0.05, 0.1) is 34.4 Å². The highest BCUT2D eigenvalue weighted by Gasteiger charge is 2.33. The molecule has 0 radical (unpaired) electrons. The van der Waals surface area contributed by atoms with Crippen LogP contribution in [0, 0.1) is 0 Å².